The fourth-order valence-electron chi connectivity index (χ4n) is 4.11. The number of anilines is 2. The van der Waals surface area contributed by atoms with Gasteiger partial charge in [0, 0.05) is 24.8 Å². The molecule has 4 rings (SSSR count). The van der Waals surface area contributed by atoms with Crippen LogP contribution in [0, 0.1) is 11.3 Å². The summed E-state index contributed by atoms with van der Waals surface area (Å²) in [7, 11) is 0. The van der Waals surface area contributed by atoms with E-state index in [1.54, 1.807) is 0 Å². The number of carbonyl (C=O) groups is 1. The Kier molecular flexibility index (Phi) is 5.18. The van der Waals surface area contributed by atoms with Crippen molar-refractivity contribution in [2.75, 3.05) is 30.3 Å². The topological polar surface area (TPSA) is 94.2 Å². The van der Waals surface area contributed by atoms with Crippen LogP contribution in [0.25, 0.3) is 11.1 Å². The van der Waals surface area contributed by atoms with Crippen molar-refractivity contribution in [3.63, 3.8) is 0 Å². The molecule has 144 valence electrons. The lowest BCUT2D eigenvalue weighted by atomic mass is 10.0. The van der Waals surface area contributed by atoms with Gasteiger partial charge in [-0.25, -0.2) is 0 Å². The summed E-state index contributed by atoms with van der Waals surface area (Å²) in [6.45, 7) is 2.47. The maximum absolute atomic E-state index is 12.3. The average molecular weight is 375 g/mol. The zero-order valence-electron chi connectivity index (χ0n) is 15.8. The number of nitrogens with zero attached hydrogens (tertiary/aromatic N) is 2. The highest BCUT2D eigenvalue weighted by Gasteiger charge is 2.29. The van der Waals surface area contributed by atoms with Crippen LogP contribution in [0.2, 0.25) is 0 Å². The quantitative estimate of drug-likeness (QED) is 0.713. The lowest BCUT2D eigenvalue weighted by Gasteiger charge is -2.21. The molecule has 6 heteroatoms. The highest BCUT2D eigenvalue weighted by Crippen LogP contribution is 2.30. The monoisotopic (exact) mass is 375 g/mol. The zero-order chi connectivity index (χ0) is 19.5. The second-order valence-electron chi connectivity index (χ2n) is 7.56. The van der Waals surface area contributed by atoms with E-state index in [9.17, 15) is 10.1 Å². The first kappa shape index (κ1) is 18.3. The molecular weight excluding hydrogens is 350 g/mol. The van der Waals surface area contributed by atoms with E-state index in [0.29, 0.717) is 11.3 Å². The fourth-order valence-corrected chi connectivity index (χ4v) is 4.11. The molecular formula is C22H25N5O. The molecule has 0 spiro atoms. The lowest BCUT2D eigenvalue weighted by molar-refractivity contribution is -0.123. The Morgan fingerprint density at radius 1 is 1.21 bits per heavy atom. The summed E-state index contributed by atoms with van der Waals surface area (Å²) in [5.41, 5.74) is 10.1. The van der Waals surface area contributed by atoms with Crippen LogP contribution in [0.4, 0.5) is 11.4 Å². The third-order valence-corrected chi connectivity index (χ3v) is 5.59. The summed E-state index contributed by atoms with van der Waals surface area (Å²) in [5, 5.41) is 16.1. The average Bonchev–Trinajstić information content (AvgIpc) is 3.40. The van der Waals surface area contributed by atoms with Crippen molar-refractivity contribution in [2.24, 2.45) is 0 Å². The van der Waals surface area contributed by atoms with E-state index in [1.807, 2.05) is 42.5 Å². The predicted octanol–water partition coefficient (Wildman–Crippen LogP) is 2.25. The van der Waals surface area contributed by atoms with Crippen LogP contribution in [0.3, 0.4) is 0 Å². The lowest BCUT2D eigenvalue weighted by Crippen LogP contribution is -2.46. The summed E-state index contributed by atoms with van der Waals surface area (Å²) in [6, 6.07) is 16.0. The van der Waals surface area contributed by atoms with Gasteiger partial charge in [-0.15, -0.1) is 0 Å². The smallest absolute Gasteiger partial charge is 0.237 e. The van der Waals surface area contributed by atoms with Crippen molar-refractivity contribution in [3.8, 4) is 17.2 Å². The van der Waals surface area contributed by atoms with Gasteiger partial charge in [0.05, 0.1) is 17.3 Å². The molecule has 6 nitrogen and oxygen atoms in total. The molecule has 1 amide bonds. The van der Waals surface area contributed by atoms with Crippen molar-refractivity contribution in [1.82, 2.24) is 10.6 Å². The second kappa shape index (κ2) is 7.91. The van der Waals surface area contributed by atoms with E-state index in [1.165, 1.54) is 0 Å². The number of nitrogen functional groups attached to an aromatic ring is 1. The van der Waals surface area contributed by atoms with Gasteiger partial charge in [-0.05, 0) is 61.2 Å². The van der Waals surface area contributed by atoms with Gasteiger partial charge in [0.2, 0.25) is 5.91 Å². The molecule has 2 aromatic carbocycles. The number of rotatable bonds is 4. The van der Waals surface area contributed by atoms with Gasteiger partial charge < -0.3 is 21.3 Å². The number of carbonyl (C=O) groups excluding carboxylic acids is 1. The molecule has 2 heterocycles. The fraction of sp³-hybridized carbons (Fsp3) is 0.364. The largest absolute Gasteiger partial charge is 0.399 e. The normalized spacial score (nSPS) is 21.5. The van der Waals surface area contributed by atoms with Gasteiger partial charge in [0.1, 0.15) is 6.07 Å². The van der Waals surface area contributed by atoms with E-state index in [0.717, 1.165) is 55.7 Å². The Bertz CT molecular complexity index is 913. The second-order valence-corrected chi connectivity index (χ2v) is 7.56. The molecule has 2 aliphatic rings. The van der Waals surface area contributed by atoms with Crippen molar-refractivity contribution >= 4 is 17.3 Å². The maximum Gasteiger partial charge on any atom is 0.237 e. The third kappa shape index (κ3) is 3.80. The molecule has 4 N–H and O–H groups in total. The van der Waals surface area contributed by atoms with Crippen LogP contribution < -0.4 is 21.3 Å². The van der Waals surface area contributed by atoms with Crippen molar-refractivity contribution in [1.29, 1.82) is 5.26 Å². The Labute approximate surface area is 165 Å². The minimum Gasteiger partial charge on any atom is -0.399 e. The molecule has 0 bridgehead atoms. The first-order valence-corrected chi connectivity index (χ1v) is 9.83. The van der Waals surface area contributed by atoms with Crippen LogP contribution in [0.15, 0.2) is 42.5 Å². The summed E-state index contributed by atoms with van der Waals surface area (Å²) < 4.78 is 0. The van der Waals surface area contributed by atoms with Crippen LogP contribution >= 0.6 is 0 Å². The first-order chi connectivity index (χ1) is 13.6. The highest BCUT2D eigenvalue weighted by atomic mass is 16.2. The number of nitrogens with two attached hydrogens (primary N) is 1. The summed E-state index contributed by atoms with van der Waals surface area (Å²) in [6.07, 6.45) is 2.85. The minimum absolute atomic E-state index is 0.0543. The van der Waals surface area contributed by atoms with Gasteiger partial charge in [-0.3, -0.25) is 4.79 Å². The van der Waals surface area contributed by atoms with Crippen molar-refractivity contribution in [3.05, 3.63) is 48.0 Å². The summed E-state index contributed by atoms with van der Waals surface area (Å²) in [5.74, 6) is 0.0990. The van der Waals surface area contributed by atoms with E-state index < -0.39 is 0 Å². The Morgan fingerprint density at radius 3 is 2.82 bits per heavy atom. The number of amides is 1. The van der Waals surface area contributed by atoms with Gasteiger partial charge in [0.15, 0.2) is 0 Å². The SMILES string of the molecule is N#Cc1cc(-c2cccc(N)c2)ccc1N1CCC(NC(=O)C2CCCN2)C1. The molecule has 2 fully saturated rings. The molecule has 0 aliphatic carbocycles. The number of benzene rings is 2. The third-order valence-electron chi connectivity index (χ3n) is 5.59. The number of hydrogen-bond donors (Lipinski definition) is 3. The van der Waals surface area contributed by atoms with Gasteiger partial charge >= 0.3 is 0 Å². The zero-order valence-corrected chi connectivity index (χ0v) is 15.8. The summed E-state index contributed by atoms with van der Waals surface area (Å²) >= 11 is 0. The van der Waals surface area contributed by atoms with Crippen molar-refractivity contribution in [2.45, 2.75) is 31.3 Å². The summed E-state index contributed by atoms with van der Waals surface area (Å²) in [4.78, 5) is 14.5. The molecule has 28 heavy (non-hydrogen) atoms. The van der Waals surface area contributed by atoms with Crippen LogP contribution in [-0.2, 0) is 4.79 Å². The van der Waals surface area contributed by atoms with Crippen LogP contribution in [-0.4, -0.2) is 37.6 Å². The van der Waals surface area contributed by atoms with Gasteiger partial charge in [-0.1, -0.05) is 18.2 Å². The number of nitriles is 1. The van der Waals surface area contributed by atoms with E-state index in [4.69, 9.17) is 5.73 Å². The van der Waals surface area contributed by atoms with E-state index >= 15 is 0 Å². The molecule has 0 radical (unpaired) electrons. The van der Waals surface area contributed by atoms with E-state index in [-0.39, 0.29) is 18.0 Å². The van der Waals surface area contributed by atoms with Crippen molar-refractivity contribution < 1.29 is 4.79 Å². The maximum atomic E-state index is 12.3. The molecule has 2 unspecified atom stereocenters. The highest BCUT2D eigenvalue weighted by molar-refractivity contribution is 5.82. The van der Waals surface area contributed by atoms with Crippen LogP contribution in [0.5, 0.6) is 0 Å². The molecule has 0 aromatic heterocycles. The Morgan fingerprint density at radius 2 is 2.07 bits per heavy atom. The van der Waals surface area contributed by atoms with Gasteiger partial charge in [-0.2, -0.15) is 5.26 Å². The minimum atomic E-state index is -0.0543. The number of hydrogen-bond acceptors (Lipinski definition) is 5. The Hall–Kier alpha value is -3.04. The first-order valence-electron chi connectivity index (χ1n) is 9.83. The molecule has 2 aliphatic heterocycles. The number of nitrogens with one attached hydrogen (secondary N) is 2. The molecule has 2 aromatic rings. The van der Waals surface area contributed by atoms with Gasteiger partial charge in [0.25, 0.3) is 0 Å². The molecule has 2 saturated heterocycles. The predicted molar refractivity (Wildman–Crippen MR) is 111 cm³/mol. The molecule has 2 atom stereocenters. The molecule has 0 saturated carbocycles. The van der Waals surface area contributed by atoms with E-state index in [2.05, 4.69) is 21.6 Å². The Balaban J connectivity index is 1.47. The standard InChI is InChI=1S/C22H25N5O/c23-13-17-11-16(15-3-1-4-18(24)12-15)6-7-21(17)27-10-8-19(14-27)26-22(28)20-5-2-9-25-20/h1,3-4,6-7,11-12,19-20,25H,2,5,8-10,14,24H2,(H,26,28). The van der Waals surface area contributed by atoms with Crippen LogP contribution in [0.1, 0.15) is 24.8 Å².